The number of aliphatic hydroxyl groups is 1. The molecule has 4 nitrogen and oxygen atoms in total. The highest BCUT2D eigenvalue weighted by atomic mass is 32.1. The number of rotatable bonds is 8. The first-order valence-corrected chi connectivity index (χ1v) is 9.09. The highest BCUT2D eigenvalue weighted by Gasteiger charge is 2.47. The van der Waals surface area contributed by atoms with Gasteiger partial charge in [-0.3, -0.25) is 4.99 Å². The lowest BCUT2D eigenvalue weighted by Crippen LogP contribution is -2.35. The van der Waals surface area contributed by atoms with Gasteiger partial charge in [-0.2, -0.15) is 13.2 Å². The van der Waals surface area contributed by atoms with E-state index in [1.807, 2.05) is 6.92 Å². The third kappa shape index (κ3) is 4.91. The molecule has 2 unspecified atom stereocenters. The third-order valence-electron chi connectivity index (χ3n) is 3.86. The molecule has 1 aromatic carbocycles. The van der Waals surface area contributed by atoms with Crippen LogP contribution in [0.25, 0.3) is 10.6 Å². The fourth-order valence-corrected chi connectivity index (χ4v) is 3.39. The molecule has 2 atom stereocenters. The highest BCUT2D eigenvalue weighted by Crippen LogP contribution is 2.46. The van der Waals surface area contributed by atoms with Crippen LogP contribution in [0.5, 0.6) is 0 Å². The van der Waals surface area contributed by atoms with Gasteiger partial charge in [0.15, 0.2) is 6.10 Å². The van der Waals surface area contributed by atoms with Crippen LogP contribution >= 0.6 is 11.3 Å². The molecule has 148 valence electrons. The molecule has 0 saturated heterocycles. The van der Waals surface area contributed by atoms with Gasteiger partial charge in [0.1, 0.15) is 11.6 Å². The Hall–Kier alpha value is -1.84. The molecule has 1 N–H and O–H groups in total. The van der Waals surface area contributed by atoms with Gasteiger partial charge in [-0.15, -0.1) is 11.3 Å². The zero-order valence-electron chi connectivity index (χ0n) is 14.9. The number of alkyl halides is 4. The van der Waals surface area contributed by atoms with Gasteiger partial charge in [0.05, 0.1) is 5.69 Å². The van der Waals surface area contributed by atoms with E-state index in [9.17, 15) is 17.6 Å². The molecule has 2 rings (SSSR count). The quantitative estimate of drug-likeness (QED) is 0.474. The number of ether oxygens (including phenoxy) is 1. The van der Waals surface area contributed by atoms with Crippen LogP contribution in [0, 0.1) is 0 Å². The van der Waals surface area contributed by atoms with Crippen molar-refractivity contribution in [3.8, 4) is 10.6 Å². The molecular weight excluding hydrogens is 384 g/mol. The van der Waals surface area contributed by atoms with Crippen LogP contribution in [-0.4, -0.2) is 35.4 Å². The summed E-state index contributed by atoms with van der Waals surface area (Å²) in [6.07, 6.45) is -4.81. The second-order valence-electron chi connectivity index (χ2n) is 6.07. The minimum Gasteiger partial charge on any atom is -0.390 e. The molecule has 0 fully saturated rings. The Kier molecular flexibility index (Phi) is 6.72. The number of hydrogen-bond donors (Lipinski definition) is 1. The number of benzene rings is 1. The van der Waals surface area contributed by atoms with Crippen molar-refractivity contribution in [3.05, 3.63) is 34.8 Å². The lowest BCUT2D eigenvalue weighted by molar-refractivity contribution is -0.288. The van der Waals surface area contributed by atoms with Crippen molar-refractivity contribution in [3.63, 3.8) is 0 Å². The zero-order chi connectivity index (χ0) is 20.2. The van der Waals surface area contributed by atoms with E-state index >= 15 is 0 Å². The van der Waals surface area contributed by atoms with Crippen LogP contribution in [0.2, 0.25) is 0 Å². The number of aliphatic hydroxyl groups excluding tert-OH is 1. The highest BCUT2D eigenvalue weighted by molar-refractivity contribution is 7.13. The summed E-state index contributed by atoms with van der Waals surface area (Å²) in [4.78, 5) is 8.02. The molecule has 0 aliphatic rings. The van der Waals surface area contributed by atoms with Crippen LogP contribution in [0.4, 0.5) is 23.2 Å². The van der Waals surface area contributed by atoms with Crippen LogP contribution in [0.15, 0.2) is 28.7 Å². The number of aromatic nitrogens is 1. The maximum Gasteiger partial charge on any atom is 0.419 e. The molecular formula is C18H20F4N2O2S. The molecule has 0 bridgehead atoms. The van der Waals surface area contributed by atoms with Crippen LogP contribution < -0.4 is 0 Å². The van der Waals surface area contributed by atoms with E-state index in [1.165, 1.54) is 23.5 Å². The Morgan fingerprint density at radius 3 is 2.52 bits per heavy atom. The Balaban J connectivity index is 2.66. The van der Waals surface area contributed by atoms with Gasteiger partial charge in [0, 0.05) is 22.7 Å². The lowest BCUT2D eigenvalue weighted by Gasteiger charge is -2.29. The summed E-state index contributed by atoms with van der Waals surface area (Å²) in [5.41, 5.74) is 0.852. The summed E-state index contributed by atoms with van der Waals surface area (Å²) >= 11 is 1.35. The van der Waals surface area contributed by atoms with Crippen molar-refractivity contribution in [2.45, 2.75) is 44.8 Å². The predicted octanol–water partition coefficient (Wildman–Crippen LogP) is 5.39. The monoisotopic (exact) mass is 404 g/mol. The van der Waals surface area contributed by atoms with Gasteiger partial charge in [-0.1, -0.05) is 25.5 Å². The van der Waals surface area contributed by atoms with E-state index in [-0.39, 0.29) is 11.3 Å². The smallest absolute Gasteiger partial charge is 0.390 e. The minimum atomic E-state index is -4.91. The van der Waals surface area contributed by atoms with Gasteiger partial charge in [-0.25, -0.2) is 9.37 Å². The second-order valence-corrected chi connectivity index (χ2v) is 6.97. The number of halogens is 4. The van der Waals surface area contributed by atoms with E-state index in [0.29, 0.717) is 29.0 Å². The molecule has 0 saturated carbocycles. The fourth-order valence-electron chi connectivity index (χ4n) is 2.70. The first-order chi connectivity index (χ1) is 12.6. The Bertz CT molecular complexity index is 776. The molecule has 0 radical (unpaired) electrons. The van der Waals surface area contributed by atoms with Crippen molar-refractivity contribution in [1.82, 2.24) is 4.98 Å². The van der Waals surface area contributed by atoms with E-state index in [1.54, 1.807) is 11.6 Å². The number of nitrogens with zero attached hydrogens (tertiary/aromatic N) is 2. The van der Waals surface area contributed by atoms with Crippen molar-refractivity contribution < 1.29 is 27.4 Å². The fraction of sp³-hybridized carbons (Fsp3) is 0.444. The summed E-state index contributed by atoms with van der Waals surface area (Å²) in [6.45, 7) is 4.81. The molecule has 27 heavy (non-hydrogen) atoms. The maximum absolute atomic E-state index is 14.0. The summed E-state index contributed by atoms with van der Waals surface area (Å²) in [5, 5.41) is 11.4. The van der Waals surface area contributed by atoms with Gasteiger partial charge >= 0.3 is 6.18 Å². The largest absolute Gasteiger partial charge is 0.419 e. The summed E-state index contributed by atoms with van der Waals surface area (Å²) < 4.78 is 59.6. The van der Waals surface area contributed by atoms with Gasteiger partial charge in [0.25, 0.3) is 0 Å². The first-order valence-electron chi connectivity index (χ1n) is 8.21. The third-order valence-corrected chi connectivity index (χ3v) is 4.67. The first kappa shape index (κ1) is 21.5. The van der Waals surface area contributed by atoms with E-state index < -0.39 is 24.7 Å². The van der Waals surface area contributed by atoms with Gasteiger partial charge in [0.2, 0.25) is 5.85 Å². The zero-order valence-corrected chi connectivity index (χ0v) is 15.7. The number of thiazole rings is 1. The molecule has 1 heterocycles. The van der Waals surface area contributed by atoms with Crippen molar-refractivity contribution in [1.29, 1.82) is 0 Å². The van der Waals surface area contributed by atoms with Crippen LogP contribution in [-0.2, 0) is 11.2 Å². The van der Waals surface area contributed by atoms with Crippen molar-refractivity contribution >= 4 is 23.7 Å². The van der Waals surface area contributed by atoms with E-state index in [0.717, 1.165) is 6.92 Å². The Morgan fingerprint density at radius 1 is 1.33 bits per heavy atom. The van der Waals surface area contributed by atoms with Crippen LogP contribution in [0.3, 0.4) is 0 Å². The number of hydrogen-bond acceptors (Lipinski definition) is 5. The Labute approximate surface area is 158 Å². The van der Waals surface area contributed by atoms with Gasteiger partial charge < -0.3 is 9.84 Å². The van der Waals surface area contributed by atoms with Crippen molar-refractivity contribution in [2.24, 2.45) is 4.99 Å². The molecule has 0 spiro atoms. The summed E-state index contributed by atoms with van der Waals surface area (Å²) in [5.74, 6) is -2.86. The molecule has 0 aliphatic heterocycles. The minimum absolute atomic E-state index is 0.000569. The molecule has 9 heteroatoms. The predicted molar refractivity (Wildman–Crippen MR) is 97.2 cm³/mol. The van der Waals surface area contributed by atoms with Crippen molar-refractivity contribution in [2.75, 3.05) is 6.61 Å². The van der Waals surface area contributed by atoms with Gasteiger partial charge in [-0.05, 0) is 25.6 Å². The SMILES string of the molecule is C=Nc1c(C(OC(C)(F)CO)C(F)(F)F)ccc(-c2nccs2)c1CCC. The second kappa shape index (κ2) is 8.45. The average Bonchev–Trinajstić information content (AvgIpc) is 3.13. The molecule has 2 aromatic rings. The standard InChI is InChI=1S/C18H20F4N2O2S/c1-4-5-11-12(16-24-8-9-27-16)6-7-13(14(11)23-3)15(18(20,21)22)26-17(2,19)10-25/h6-9,15,25H,3-5,10H2,1-2H3. The Morgan fingerprint density at radius 2 is 2.04 bits per heavy atom. The summed E-state index contributed by atoms with van der Waals surface area (Å²) in [6, 6.07) is 2.70. The number of aliphatic imine (C=N–C) groups is 1. The average molecular weight is 404 g/mol. The molecule has 0 aliphatic carbocycles. The van der Waals surface area contributed by atoms with E-state index in [4.69, 9.17) is 5.11 Å². The topological polar surface area (TPSA) is 54.7 Å². The summed E-state index contributed by atoms with van der Waals surface area (Å²) in [7, 11) is 0. The van der Waals surface area contributed by atoms with Crippen LogP contribution in [0.1, 0.15) is 37.5 Å². The lowest BCUT2D eigenvalue weighted by atomic mass is 9.94. The van der Waals surface area contributed by atoms with E-state index in [2.05, 4.69) is 21.4 Å². The normalized spacial score (nSPS) is 15.4. The maximum atomic E-state index is 14.0. The molecule has 1 aromatic heterocycles. The molecule has 0 amide bonds.